The van der Waals surface area contributed by atoms with Crippen molar-refractivity contribution in [1.82, 2.24) is 4.98 Å². The van der Waals surface area contributed by atoms with Crippen LogP contribution in [-0.4, -0.2) is 10.9 Å². The lowest BCUT2D eigenvalue weighted by Crippen LogP contribution is -2.16. The van der Waals surface area contributed by atoms with E-state index in [1.54, 1.807) is 6.07 Å². The van der Waals surface area contributed by atoms with Crippen molar-refractivity contribution in [3.05, 3.63) is 94.3 Å². The number of aromatic nitrogens is 1. The second-order valence-corrected chi connectivity index (χ2v) is 9.49. The molecule has 5 nitrogen and oxygen atoms in total. The van der Waals surface area contributed by atoms with Gasteiger partial charge in [-0.1, -0.05) is 67.9 Å². The summed E-state index contributed by atoms with van der Waals surface area (Å²) in [6.45, 7) is 9.08. The molecule has 0 aliphatic heterocycles. The molecule has 35 heavy (non-hydrogen) atoms. The van der Waals surface area contributed by atoms with Gasteiger partial charge >= 0.3 is 0 Å². The van der Waals surface area contributed by atoms with Gasteiger partial charge in [-0.15, -0.1) is 0 Å². The monoisotopic (exact) mass is 467 g/mol. The molecule has 0 unspecified atom stereocenters. The summed E-state index contributed by atoms with van der Waals surface area (Å²) < 4.78 is 6.30. The standard InChI is InChI=1S/C30H33N3O2/c1-18(2)13-27-25(16-31)29(21-11-9-19(3)10-12-21)26(20(4)33-27)17-35-28-15-23-8-6-5-7-22(23)14-24(28)30(32)34/h5-12,14-15,18H,13,16-17,31H2,1-4H3,(H2,32,34). The molecule has 1 heterocycles. The van der Waals surface area contributed by atoms with Crippen molar-refractivity contribution in [3.63, 3.8) is 0 Å². The van der Waals surface area contributed by atoms with Crippen molar-refractivity contribution in [2.45, 2.75) is 47.3 Å². The first-order valence-corrected chi connectivity index (χ1v) is 12.0. The zero-order valence-corrected chi connectivity index (χ0v) is 20.9. The molecule has 0 atom stereocenters. The van der Waals surface area contributed by atoms with Crippen molar-refractivity contribution in [1.29, 1.82) is 0 Å². The van der Waals surface area contributed by atoms with Gasteiger partial charge in [0.25, 0.3) is 5.91 Å². The highest BCUT2D eigenvalue weighted by Gasteiger charge is 2.21. The fraction of sp³-hybridized carbons (Fsp3) is 0.267. The number of fused-ring (bicyclic) bond motifs is 1. The van der Waals surface area contributed by atoms with Gasteiger partial charge in [-0.2, -0.15) is 0 Å². The first-order chi connectivity index (χ1) is 16.8. The third-order valence-electron chi connectivity index (χ3n) is 6.32. The highest BCUT2D eigenvalue weighted by atomic mass is 16.5. The summed E-state index contributed by atoms with van der Waals surface area (Å²) in [5.41, 5.74) is 19.6. The van der Waals surface area contributed by atoms with Crippen molar-refractivity contribution in [3.8, 4) is 16.9 Å². The average molecular weight is 468 g/mol. The highest BCUT2D eigenvalue weighted by Crippen LogP contribution is 2.34. The van der Waals surface area contributed by atoms with Crippen LogP contribution in [0, 0.1) is 19.8 Å². The Morgan fingerprint density at radius 1 is 0.971 bits per heavy atom. The lowest BCUT2D eigenvalue weighted by Gasteiger charge is -2.22. The molecular weight excluding hydrogens is 434 g/mol. The number of carbonyl (C=O) groups is 1. The molecule has 0 aliphatic carbocycles. The molecule has 0 saturated carbocycles. The van der Waals surface area contributed by atoms with Gasteiger partial charge in [0, 0.05) is 23.5 Å². The second kappa shape index (κ2) is 10.3. The van der Waals surface area contributed by atoms with Crippen molar-refractivity contribution >= 4 is 16.7 Å². The lowest BCUT2D eigenvalue weighted by molar-refractivity contribution is 0.0996. The Morgan fingerprint density at radius 3 is 2.23 bits per heavy atom. The predicted octanol–water partition coefficient (Wildman–Crippen LogP) is 5.85. The van der Waals surface area contributed by atoms with E-state index in [1.165, 1.54) is 5.56 Å². The Morgan fingerprint density at radius 2 is 1.63 bits per heavy atom. The third kappa shape index (κ3) is 5.20. The third-order valence-corrected chi connectivity index (χ3v) is 6.32. The normalized spacial score (nSPS) is 11.3. The van der Waals surface area contributed by atoms with Crippen LogP contribution in [0.2, 0.25) is 0 Å². The first kappa shape index (κ1) is 24.4. The number of carbonyl (C=O) groups excluding carboxylic acids is 1. The number of ether oxygens (including phenoxy) is 1. The Kier molecular flexibility index (Phi) is 7.17. The molecule has 0 aliphatic rings. The van der Waals surface area contributed by atoms with Crippen LogP contribution >= 0.6 is 0 Å². The van der Waals surface area contributed by atoms with E-state index >= 15 is 0 Å². The minimum absolute atomic E-state index is 0.246. The lowest BCUT2D eigenvalue weighted by atomic mass is 9.90. The van der Waals surface area contributed by atoms with Gasteiger partial charge in [0.1, 0.15) is 12.4 Å². The molecule has 5 heteroatoms. The maximum Gasteiger partial charge on any atom is 0.252 e. The Balaban J connectivity index is 1.83. The SMILES string of the molecule is Cc1ccc(-c2c(COc3cc4ccccc4cc3C(N)=O)c(C)nc(CC(C)C)c2CN)cc1. The zero-order chi connectivity index (χ0) is 25.1. The van der Waals surface area contributed by atoms with Crippen LogP contribution in [0.15, 0.2) is 60.7 Å². The van der Waals surface area contributed by atoms with Gasteiger partial charge < -0.3 is 16.2 Å². The number of nitrogens with zero attached hydrogens (tertiary/aromatic N) is 1. The average Bonchev–Trinajstić information content (AvgIpc) is 2.82. The molecule has 0 spiro atoms. The van der Waals surface area contributed by atoms with Crippen LogP contribution in [0.5, 0.6) is 5.75 Å². The van der Waals surface area contributed by atoms with Crippen molar-refractivity contribution < 1.29 is 9.53 Å². The number of primary amides is 1. The molecule has 0 fully saturated rings. The first-order valence-electron chi connectivity index (χ1n) is 12.0. The number of hydrogen-bond donors (Lipinski definition) is 2. The zero-order valence-electron chi connectivity index (χ0n) is 20.9. The van der Waals surface area contributed by atoms with Gasteiger partial charge in [0.2, 0.25) is 0 Å². The molecule has 1 amide bonds. The van der Waals surface area contributed by atoms with Crippen molar-refractivity contribution in [2.75, 3.05) is 0 Å². The molecule has 0 bridgehead atoms. The minimum Gasteiger partial charge on any atom is -0.488 e. The van der Waals surface area contributed by atoms with E-state index in [9.17, 15) is 4.79 Å². The van der Waals surface area contributed by atoms with E-state index < -0.39 is 5.91 Å². The Labute approximate surface area is 207 Å². The summed E-state index contributed by atoms with van der Waals surface area (Å²) in [6, 6.07) is 20.0. The topological polar surface area (TPSA) is 91.2 Å². The summed E-state index contributed by atoms with van der Waals surface area (Å²) in [5, 5.41) is 1.92. The molecule has 1 aromatic heterocycles. The molecule has 180 valence electrons. The Hall–Kier alpha value is -3.70. The minimum atomic E-state index is -0.519. The highest BCUT2D eigenvalue weighted by molar-refractivity contribution is 6.00. The second-order valence-electron chi connectivity index (χ2n) is 9.49. The van der Waals surface area contributed by atoms with E-state index in [4.69, 9.17) is 21.2 Å². The van der Waals surface area contributed by atoms with Gasteiger partial charge in [-0.3, -0.25) is 9.78 Å². The van der Waals surface area contributed by atoms with Crippen LogP contribution in [0.4, 0.5) is 0 Å². The maximum atomic E-state index is 12.2. The van der Waals surface area contributed by atoms with E-state index in [1.807, 2.05) is 37.3 Å². The van der Waals surface area contributed by atoms with E-state index in [0.29, 0.717) is 23.8 Å². The quantitative estimate of drug-likeness (QED) is 0.340. The van der Waals surface area contributed by atoms with Gasteiger partial charge in [-0.25, -0.2) is 0 Å². The van der Waals surface area contributed by atoms with Crippen LogP contribution in [0.3, 0.4) is 0 Å². The van der Waals surface area contributed by atoms with Gasteiger partial charge in [0.15, 0.2) is 0 Å². The number of nitrogens with two attached hydrogens (primary N) is 2. The molecule has 4 rings (SSSR count). The van der Waals surface area contributed by atoms with Crippen LogP contribution in [0.25, 0.3) is 21.9 Å². The summed E-state index contributed by atoms with van der Waals surface area (Å²) in [4.78, 5) is 17.2. The summed E-state index contributed by atoms with van der Waals surface area (Å²) in [5.74, 6) is 0.399. The Bertz CT molecular complexity index is 1380. The smallest absolute Gasteiger partial charge is 0.252 e. The van der Waals surface area contributed by atoms with E-state index in [0.717, 1.165) is 50.8 Å². The van der Waals surface area contributed by atoms with Crippen LogP contribution < -0.4 is 16.2 Å². The molecular formula is C30H33N3O2. The van der Waals surface area contributed by atoms with Crippen molar-refractivity contribution in [2.24, 2.45) is 17.4 Å². The number of amides is 1. The number of hydrogen-bond acceptors (Lipinski definition) is 4. The molecule has 0 radical (unpaired) electrons. The summed E-state index contributed by atoms with van der Waals surface area (Å²) in [7, 11) is 0. The van der Waals surface area contributed by atoms with Crippen LogP contribution in [-0.2, 0) is 19.6 Å². The fourth-order valence-electron chi connectivity index (χ4n) is 4.55. The molecule has 4 N–H and O–H groups in total. The van der Waals surface area contributed by atoms with E-state index in [2.05, 4.69) is 45.0 Å². The maximum absolute atomic E-state index is 12.2. The van der Waals surface area contributed by atoms with Gasteiger partial charge in [-0.05, 0) is 65.8 Å². The van der Waals surface area contributed by atoms with E-state index in [-0.39, 0.29) is 6.61 Å². The number of pyridine rings is 1. The predicted molar refractivity (Wildman–Crippen MR) is 142 cm³/mol. The number of rotatable bonds is 8. The number of aryl methyl sites for hydroxylation is 2. The van der Waals surface area contributed by atoms with Gasteiger partial charge in [0.05, 0.1) is 5.56 Å². The molecule has 3 aromatic carbocycles. The fourth-order valence-corrected chi connectivity index (χ4v) is 4.55. The summed E-state index contributed by atoms with van der Waals surface area (Å²) in [6.07, 6.45) is 0.851. The van der Waals surface area contributed by atoms with Crippen LogP contribution in [0.1, 0.15) is 52.3 Å². The molecule has 0 saturated heterocycles. The number of benzene rings is 3. The molecule has 4 aromatic rings. The largest absolute Gasteiger partial charge is 0.488 e. The summed E-state index contributed by atoms with van der Waals surface area (Å²) >= 11 is 0.